The Kier molecular flexibility index (Phi) is 6.82. The van der Waals surface area contributed by atoms with Crippen LogP contribution in [-0.4, -0.2) is 29.1 Å². The second-order valence-corrected chi connectivity index (χ2v) is 7.12. The zero-order valence-electron chi connectivity index (χ0n) is 16.3. The van der Waals surface area contributed by atoms with Gasteiger partial charge in [-0.1, -0.05) is 18.2 Å². The van der Waals surface area contributed by atoms with Gasteiger partial charge in [0.2, 0.25) is 0 Å². The van der Waals surface area contributed by atoms with Gasteiger partial charge in [-0.25, -0.2) is 0 Å². The maximum atomic E-state index is 10.3. The number of guanidine groups is 1. The molecule has 0 aliphatic heterocycles. The molecule has 27 heavy (non-hydrogen) atoms. The normalized spacial score (nSPS) is 16.3. The monoisotopic (exact) mass is 366 g/mol. The van der Waals surface area contributed by atoms with Crippen LogP contribution >= 0.6 is 0 Å². The van der Waals surface area contributed by atoms with Crippen molar-refractivity contribution in [1.29, 1.82) is 0 Å². The minimum atomic E-state index is -0.637. The number of aryl methyl sites for hydroxylation is 2. The molecule has 144 valence electrons. The van der Waals surface area contributed by atoms with Gasteiger partial charge >= 0.3 is 0 Å². The molecule has 3 rings (SSSR count). The molecule has 2 atom stereocenters. The standard InChI is InChI=1S/C22H30N4O/c1-3-24-22(25-15-21(27)18-10-12-23-13-11-18)26-16(2)19-9-8-17-6-4-5-7-20(17)14-19/h8-14,16,21,27H,3-7,15H2,1-2H3,(H2,24,25,26). The summed E-state index contributed by atoms with van der Waals surface area (Å²) in [7, 11) is 0. The molecule has 0 bridgehead atoms. The van der Waals surface area contributed by atoms with E-state index in [2.05, 4.69) is 45.7 Å². The topological polar surface area (TPSA) is 69.5 Å². The number of nitrogens with zero attached hydrogens (tertiary/aromatic N) is 2. The Balaban J connectivity index is 1.66. The molecule has 0 radical (unpaired) electrons. The van der Waals surface area contributed by atoms with Crippen LogP contribution in [0.4, 0.5) is 0 Å². The SMILES string of the molecule is CCNC(=NCC(O)c1ccncc1)NC(C)c1ccc2c(c1)CCCC2. The van der Waals surface area contributed by atoms with E-state index in [0.29, 0.717) is 6.54 Å². The summed E-state index contributed by atoms with van der Waals surface area (Å²) in [5.74, 6) is 0.718. The summed E-state index contributed by atoms with van der Waals surface area (Å²) in [5, 5.41) is 17.1. The largest absolute Gasteiger partial charge is 0.386 e. The molecule has 2 aromatic rings. The Hall–Kier alpha value is -2.40. The summed E-state index contributed by atoms with van der Waals surface area (Å²) in [4.78, 5) is 8.55. The van der Waals surface area contributed by atoms with Crippen LogP contribution in [0.25, 0.3) is 0 Å². The highest BCUT2D eigenvalue weighted by molar-refractivity contribution is 5.80. The van der Waals surface area contributed by atoms with Crippen molar-refractivity contribution in [1.82, 2.24) is 15.6 Å². The maximum Gasteiger partial charge on any atom is 0.191 e. The number of aromatic nitrogens is 1. The average molecular weight is 367 g/mol. The molecule has 0 amide bonds. The van der Waals surface area contributed by atoms with Crippen LogP contribution in [0.1, 0.15) is 61.1 Å². The first-order valence-corrected chi connectivity index (χ1v) is 9.92. The Bertz CT molecular complexity index is 760. The maximum absolute atomic E-state index is 10.3. The van der Waals surface area contributed by atoms with E-state index in [1.807, 2.05) is 19.1 Å². The van der Waals surface area contributed by atoms with Crippen LogP contribution in [0.5, 0.6) is 0 Å². The summed E-state index contributed by atoms with van der Waals surface area (Å²) >= 11 is 0. The summed E-state index contributed by atoms with van der Waals surface area (Å²) in [6.07, 6.45) is 7.71. The Morgan fingerprint density at radius 1 is 1.11 bits per heavy atom. The minimum absolute atomic E-state index is 0.146. The molecule has 2 unspecified atom stereocenters. The summed E-state index contributed by atoms with van der Waals surface area (Å²) in [6, 6.07) is 10.6. The number of fused-ring (bicyclic) bond motifs is 1. The lowest BCUT2D eigenvalue weighted by Crippen LogP contribution is -2.39. The van der Waals surface area contributed by atoms with Crippen molar-refractivity contribution < 1.29 is 5.11 Å². The third-order valence-corrected chi connectivity index (χ3v) is 5.08. The van der Waals surface area contributed by atoms with Crippen molar-refractivity contribution in [3.8, 4) is 0 Å². The molecule has 0 saturated carbocycles. The number of aliphatic hydroxyl groups is 1. The number of aliphatic hydroxyl groups excluding tert-OH is 1. The lowest BCUT2D eigenvalue weighted by atomic mass is 9.89. The predicted molar refractivity (Wildman–Crippen MR) is 110 cm³/mol. The highest BCUT2D eigenvalue weighted by Crippen LogP contribution is 2.24. The van der Waals surface area contributed by atoms with E-state index in [0.717, 1.165) is 18.1 Å². The molecule has 0 spiro atoms. The predicted octanol–water partition coefficient (Wildman–Crippen LogP) is 3.31. The molecule has 5 heteroatoms. The van der Waals surface area contributed by atoms with Crippen molar-refractivity contribution in [2.24, 2.45) is 4.99 Å². The third kappa shape index (κ3) is 5.30. The zero-order chi connectivity index (χ0) is 19.1. The molecule has 5 nitrogen and oxygen atoms in total. The van der Waals surface area contributed by atoms with Crippen LogP contribution in [0.15, 0.2) is 47.7 Å². The van der Waals surface area contributed by atoms with Gasteiger partial charge in [-0.2, -0.15) is 0 Å². The highest BCUT2D eigenvalue weighted by Gasteiger charge is 2.14. The van der Waals surface area contributed by atoms with Gasteiger partial charge in [0.15, 0.2) is 5.96 Å². The molecule has 1 aliphatic carbocycles. The van der Waals surface area contributed by atoms with E-state index in [-0.39, 0.29) is 6.04 Å². The summed E-state index contributed by atoms with van der Waals surface area (Å²) in [5.41, 5.74) is 5.09. The van der Waals surface area contributed by atoms with Crippen molar-refractivity contribution >= 4 is 5.96 Å². The first-order chi connectivity index (χ1) is 13.2. The van der Waals surface area contributed by atoms with Crippen molar-refractivity contribution in [2.45, 2.75) is 51.7 Å². The Labute approximate surface area is 162 Å². The van der Waals surface area contributed by atoms with Gasteiger partial charge in [0.1, 0.15) is 0 Å². The molecule has 1 heterocycles. The van der Waals surface area contributed by atoms with Gasteiger partial charge in [-0.05, 0) is 73.9 Å². The van der Waals surface area contributed by atoms with E-state index >= 15 is 0 Å². The summed E-state index contributed by atoms with van der Waals surface area (Å²) < 4.78 is 0. The van der Waals surface area contributed by atoms with Gasteiger partial charge < -0.3 is 15.7 Å². The lowest BCUT2D eigenvalue weighted by molar-refractivity contribution is 0.187. The van der Waals surface area contributed by atoms with E-state index < -0.39 is 6.10 Å². The van der Waals surface area contributed by atoms with Crippen molar-refractivity contribution in [2.75, 3.05) is 13.1 Å². The fourth-order valence-corrected chi connectivity index (χ4v) is 3.50. The fourth-order valence-electron chi connectivity index (χ4n) is 3.50. The van der Waals surface area contributed by atoms with Crippen LogP contribution in [0, 0.1) is 0 Å². The van der Waals surface area contributed by atoms with Crippen LogP contribution in [0.3, 0.4) is 0 Å². The van der Waals surface area contributed by atoms with E-state index in [1.54, 1.807) is 12.4 Å². The smallest absolute Gasteiger partial charge is 0.191 e. The number of nitrogens with one attached hydrogen (secondary N) is 2. The molecule has 1 aromatic heterocycles. The third-order valence-electron chi connectivity index (χ3n) is 5.08. The van der Waals surface area contributed by atoms with E-state index in [9.17, 15) is 5.11 Å². The molecule has 1 aliphatic rings. The van der Waals surface area contributed by atoms with Gasteiger partial charge in [0.05, 0.1) is 18.7 Å². The molecule has 3 N–H and O–H groups in total. The molecule has 0 fully saturated rings. The number of pyridine rings is 1. The Morgan fingerprint density at radius 3 is 2.59 bits per heavy atom. The number of hydrogen-bond donors (Lipinski definition) is 3. The number of hydrogen-bond acceptors (Lipinski definition) is 3. The first kappa shape index (κ1) is 19.4. The van der Waals surface area contributed by atoms with Crippen LogP contribution < -0.4 is 10.6 Å². The number of rotatable bonds is 6. The second kappa shape index (κ2) is 9.51. The van der Waals surface area contributed by atoms with Crippen molar-refractivity contribution in [3.05, 3.63) is 65.0 Å². The quantitative estimate of drug-likeness (QED) is 0.542. The molecular formula is C22H30N4O. The van der Waals surface area contributed by atoms with Crippen LogP contribution in [-0.2, 0) is 12.8 Å². The first-order valence-electron chi connectivity index (χ1n) is 9.92. The minimum Gasteiger partial charge on any atom is -0.386 e. The molecule has 1 aromatic carbocycles. The summed E-state index contributed by atoms with van der Waals surface area (Å²) in [6.45, 7) is 5.26. The van der Waals surface area contributed by atoms with Gasteiger partial charge in [0, 0.05) is 18.9 Å². The second-order valence-electron chi connectivity index (χ2n) is 7.12. The van der Waals surface area contributed by atoms with Gasteiger partial charge in [-0.3, -0.25) is 9.98 Å². The Morgan fingerprint density at radius 2 is 1.85 bits per heavy atom. The van der Waals surface area contributed by atoms with Crippen LogP contribution in [0.2, 0.25) is 0 Å². The highest BCUT2D eigenvalue weighted by atomic mass is 16.3. The molecule has 0 saturated heterocycles. The number of benzene rings is 1. The number of aliphatic imine (C=N–C) groups is 1. The van der Waals surface area contributed by atoms with Gasteiger partial charge in [-0.15, -0.1) is 0 Å². The van der Waals surface area contributed by atoms with E-state index in [4.69, 9.17) is 0 Å². The zero-order valence-corrected chi connectivity index (χ0v) is 16.3. The van der Waals surface area contributed by atoms with Crippen molar-refractivity contribution in [3.63, 3.8) is 0 Å². The molecular weight excluding hydrogens is 336 g/mol. The lowest BCUT2D eigenvalue weighted by Gasteiger charge is -2.22. The fraction of sp³-hybridized carbons (Fsp3) is 0.455. The van der Waals surface area contributed by atoms with E-state index in [1.165, 1.54) is 42.4 Å². The van der Waals surface area contributed by atoms with Gasteiger partial charge in [0.25, 0.3) is 0 Å². The average Bonchev–Trinajstić information content (AvgIpc) is 2.72.